The van der Waals surface area contributed by atoms with E-state index < -0.39 is 5.60 Å². The third kappa shape index (κ3) is 3.36. The van der Waals surface area contributed by atoms with Gasteiger partial charge in [-0.25, -0.2) is 9.78 Å². The van der Waals surface area contributed by atoms with Crippen LogP contribution in [-0.2, 0) is 4.74 Å². The molecule has 3 heterocycles. The molecule has 0 radical (unpaired) electrons. The molecule has 8 heteroatoms. The summed E-state index contributed by atoms with van der Waals surface area (Å²) in [6.07, 6.45) is 6.02. The van der Waals surface area contributed by atoms with Gasteiger partial charge in [-0.15, -0.1) is 10.2 Å². The molecule has 1 amide bonds. The molecular formula is C19H26N6O2. The number of amides is 1. The van der Waals surface area contributed by atoms with Crippen LogP contribution < -0.4 is 5.32 Å². The van der Waals surface area contributed by atoms with E-state index in [0.29, 0.717) is 5.92 Å². The average Bonchev–Trinajstić information content (AvgIpc) is 3.28. The van der Waals surface area contributed by atoms with Crippen LogP contribution in [0.2, 0.25) is 0 Å². The number of carbonyl (C=O) groups excluding carboxylic acids is 1. The van der Waals surface area contributed by atoms with Crippen molar-refractivity contribution < 1.29 is 9.53 Å². The number of aromatic nitrogens is 5. The van der Waals surface area contributed by atoms with Crippen molar-refractivity contribution in [3.05, 3.63) is 24.3 Å². The Hall–Kier alpha value is -2.64. The molecule has 0 spiro atoms. The zero-order valence-corrected chi connectivity index (χ0v) is 16.2. The van der Waals surface area contributed by atoms with Gasteiger partial charge in [0, 0.05) is 18.2 Å². The fourth-order valence-corrected chi connectivity index (χ4v) is 4.12. The molecule has 3 aromatic rings. The number of ether oxygens (including phenoxy) is 1. The maximum absolute atomic E-state index is 12.2. The van der Waals surface area contributed by atoms with Gasteiger partial charge in [-0.2, -0.15) is 0 Å². The van der Waals surface area contributed by atoms with Crippen molar-refractivity contribution in [2.75, 3.05) is 0 Å². The van der Waals surface area contributed by atoms with Crippen LogP contribution in [0.25, 0.3) is 16.8 Å². The quantitative estimate of drug-likeness (QED) is 0.736. The molecule has 1 fully saturated rings. The van der Waals surface area contributed by atoms with Gasteiger partial charge >= 0.3 is 6.09 Å². The lowest BCUT2D eigenvalue weighted by molar-refractivity contribution is 0.0504. The first-order valence-electron chi connectivity index (χ1n) is 9.52. The minimum Gasteiger partial charge on any atom is -0.444 e. The molecule has 3 atom stereocenters. The summed E-state index contributed by atoms with van der Waals surface area (Å²) in [7, 11) is 0. The monoisotopic (exact) mass is 370 g/mol. The van der Waals surface area contributed by atoms with E-state index in [9.17, 15) is 4.79 Å². The van der Waals surface area contributed by atoms with Crippen molar-refractivity contribution in [2.45, 2.75) is 64.5 Å². The van der Waals surface area contributed by atoms with Gasteiger partial charge in [0.05, 0.1) is 11.7 Å². The van der Waals surface area contributed by atoms with Crippen molar-refractivity contribution in [3.63, 3.8) is 0 Å². The number of hydrogen-bond donors (Lipinski definition) is 2. The summed E-state index contributed by atoms with van der Waals surface area (Å²) in [5.74, 6) is 1.60. The van der Waals surface area contributed by atoms with Crippen LogP contribution in [0.4, 0.5) is 4.79 Å². The summed E-state index contributed by atoms with van der Waals surface area (Å²) in [5, 5.41) is 11.8. The highest BCUT2D eigenvalue weighted by Crippen LogP contribution is 2.41. The number of nitrogens with one attached hydrogen (secondary N) is 2. The summed E-state index contributed by atoms with van der Waals surface area (Å²) in [4.78, 5) is 19.7. The number of alkyl carbamates (subject to hydrolysis) is 1. The Kier molecular flexibility index (Phi) is 4.28. The number of rotatable bonds is 3. The van der Waals surface area contributed by atoms with Crippen molar-refractivity contribution >= 4 is 22.9 Å². The zero-order valence-electron chi connectivity index (χ0n) is 16.2. The summed E-state index contributed by atoms with van der Waals surface area (Å²) in [6.45, 7) is 7.80. The second-order valence-corrected chi connectivity index (χ2v) is 8.31. The molecule has 27 heavy (non-hydrogen) atoms. The van der Waals surface area contributed by atoms with Crippen LogP contribution in [-0.4, -0.2) is 42.3 Å². The third-order valence-electron chi connectivity index (χ3n) is 5.24. The van der Waals surface area contributed by atoms with E-state index in [4.69, 9.17) is 4.74 Å². The summed E-state index contributed by atoms with van der Waals surface area (Å²) < 4.78 is 7.50. The largest absolute Gasteiger partial charge is 0.444 e. The Morgan fingerprint density at radius 2 is 2.19 bits per heavy atom. The Morgan fingerprint density at radius 1 is 1.37 bits per heavy atom. The SMILES string of the molecule is CCC1CC(NC(=O)OC(C)(C)C)CC1c1nnc2cnc3[nH]ccc3n12. The first kappa shape index (κ1) is 17.8. The lowest BCUT2D eigenvalue weighted by Gasteiger charge is -2.21. The normalized spacial score (nSPS) is 23.2. The number of aromatic amines is 1. The fraction of sp³-hybridized carbons (Fsp3) is 0.579. The Balaban J connectivity index is 1.61. The molecule has 0 bridgehead atoms. The van der Waals surface area contributed by atoms with Gasteiger partial charge in [0.1, 0.15) is 11.4 Å². The van der Waals surface area contributed by atoms with Gasteiger partial charge in [0.2, 0.25) is 0 Å². The number of fused-ring (bicyclic) bond motifs is 3. The number of hydrogen-bond acceptors (Lipinski definition) is 5. The molecule has 8 nitrogen and oxygen atoms in total. The average molecular weight is 370 g/mol. The van der Waals surface area contributed by atoms with Crippen LogP contribution >= 0.6 is 0 Å². The molecule has 4 rings (SSSR count). The van der Waals surface area contributed by atoms with Crippen molar-refractivity contribution in [2.24, 2.45) is 5.92 Å². The van der Waals surface area contributed by atoms with Crippen molar-refractivity contribution in [1.82, 2.24) is 29.9 Å². The predicted octanol–water partition coefficient (Wildman–Crippen LogP) is 3.40. The maximum atomic E-state index is 12.2. The smallest absolute Gasteiger partial charge is 0.407 e. The second-order valence-electron chi connectivity index (χ2n) is 8.31. The second kappa shape index (κ2) is 6.51. The van der Waals surface area contributed by atoms with E-state index in [1.807, 2.05) is 33.0 Å². The molecule has 1 saturated carbocycles. The number of H-pyrrole nitrogens is 1. The van der Waals surface area contributed by atoms with Crippen molar-refractivity contribution in [3.8, 4) is 0 Å². The molecule has 0 aromatic carbocycles. The van der Waals surface area contributed by atoms with E-state index in [2.05, 4.69) is 36.8 Å². The Labute approximate surface area is 157 Å². The van der Waals surface area contributed by atoms with Crippen LogP contribution in [0.15, 0.2) is 18.5 Å². The minimum atomic E-state index is -0.498. The molecule has 1 aliphatic carbocycles. The van der Waals surface area contributed by atoms with Crippen LogP contribution in [0.1, 0.15) is 58.7 Å². The number of nitrogens with zero attached hydrogens (tertiary/aromatic N) is 4. The van der Waals surface area contributed by atoms with E-state index >= 15 is 0 Å². The topological polar surface area (TPSA) is 97.2 Å². The highest BCUT2D eigenvalue weighted by molar-refractivity contribution is 5.74. The number of carbonyl (C=O) groups is 1. The molecule has 0 aliphatic heterocycles. The fourth-order valence-electron chi connectivity index (χ4n) is 4.12. The Bertz CT molecular complexity index is 970. The van der Waals surface area contributed by atoms with Gasteiger partial charge in [-0.3, -0.25) is 4.40 Å². The maximum Gasteiger partial charge on any atom is 0.407 e. The molecule has 3 unspecified atom stereocenters. The van der Waals surface area contributed by atoms with E-state index in [0.717, 1.165) is 41.9 Å². The molecular weight excluding hydrogens is 344 g/mol. The van der Waals surface area contributed by atoms with E-state index in [1.165, 1.54) is 0 Å². The first-order chi connectivity index (χ1) is 12.9. The molecule has 1 aliphatic rings. The summed E-state index contributed by atoms with van der Waals surface area (Å²) in [5.41, 5.74) is 2.04. The highest BCUT2D eigenvalue weighted by Gasteiger charge is 2.38. The predicted molar refractivity (Wildman–Crippen MR) is 102 cm³/mol. The standard InChI is InChI=1S/C19H26N6O2/c1-5-11-8-12(22-18(26)27-19(2,3)4)9-13(11)17-24-23-15-10-21-16-14(25(15)17)6-7-20-16/h6-7,10-13,20H,5,8-9H2,1-4H3,(H,22,26). The zero-order chi connectivity index (χ0) is 19.2. The first-order valence-corrected chi connectivity index (χ1v) is 9.52. The van der Waals surface area contributed by atoms with Gasteiger partial charge in [-0.1, -0.05) is 13.3 Å². The Morgan fingerprint density at radius 3 is 2.93 bits per heavy atom. The van der Waals surface area contributed by atoms with Crippen LogP contribution in [0.5, 0.6) is 0 Å². The van der Waals surface area contributed by atoms with Crippen molar-refractivity contribution in [1.29, 1.82) is 0 Å². The van der Waals surface area contributed by atoms with E-state index in [1.54, 1.807) is 6.20 Å². The molecule has 2 N–H and O–H groups in total. The lowest BCUT2D eigenvalue weighted by atomic mass is 9.93. The molecule has 3 aromatic heterocycles. The third-order valence-corrected chi connectivity index (χ3v) is 5.24. The molecule has 144 valence electrons. The summed E-state index contributed by atoms with van der Waals surface area (Å²) in [6, 6.07) is 2.07. The summed E-state index contributed by atoms with van der Waals surface area (Å²) >= 11 is 0. The van der Waals surface area contributed by atoms with Gasteiger partial charge in [0.25, 0.3) is 0 Å². The minimum absolute atomic E-state index is 0.0747. The van der Waals surface area contributed by atoms with Crippen LogP contribution in [0, 0.1) is 5.92 Å². The van der Waals surface area contributed by atoms with Crippen LogP contribution in [0.3, 0.4) is 0 Å². The molecule has 0 saturated heterocycles. The lowest BCUT2D eigenvalue weighted by Crippen LogP contribution is -2.38. The van der Waals surface area contributed by atoms with Gasteiger partial charge < -0.3 is 15.0 Å². The van der Waals surface area contributed by atoms with Gasteiger partial charge in [-0.05, 0) is 45.6 Å². The van der Waals surface area contributed by atoms with E-state index in [-0.39, 0.29) is 18.1 Å². The van der Waals surface area contributed by atoms with Gasteiger partial charge in [0.15, 0.2) is 11.3 Å². The highest BCUT2D eigenvalue weighted by atomic mass is 16.6.